The first-order valence-electron chi connectivity index (χ1n) is 12.1. The molecule has 1 aliphatic rings. The molecule has 0 saturated carbocycles. The second-order valence-corrected chi connectivity index (χ2v) is 9.99. The van der Waals surface area contributed by atoms with Crippen LogP contribution in [0.2, 0.25) is 5.02 Å². The van der Waals surface area contributed by atoms with Crippen LogP contribution in [0.25, 0.3) is 0 Å². The number of hydrogen-bond acceptors (Lipinski definition) is 9. The second-order valence-electron chi connectivity index (χ2n) is 8.36. The number of rotatable bonds is 8. The molecule has 0 radical (unpaired) electrons. The third-order valence-corrected chi connectivity index (χ3v) is 6.58. The van der Waals surface area contributed by atoms with Gasteiger partial charge >= 0.3 is 5.69 Å². The smallest absolute Gasteiger partial charge is 0.328 e. The van der Waals surface area contributed by atoms with Crippen LogP contribution in [0.4, 0.5) is 5.69 Å². The highest BCUT2D eigenvalue weighted by atomic mass is 35.5. The Morgan fingerprint density at radius 3 is 2.51 bits per heavy atom. The molecule has 0 spiro atoms. The van der Waals surface area contributed by atoms with Gasteiger partial charge in [-0.1, -0.05) is 47.6 Å². The summed E-state index contributed by atoms with van der Waals surface area (Å²) in [5.41, 5.74) is -1.06. The van der Waals surface area contributed by atoms with Crippen LogP contribution in [-0.4, -0.2) is 55.0 Å². The summed E-state index contributed by atoms with van der Waals surface area (Å²) in [4.78, 5) is 67.1. The minimum absolute atomic E-state index is 0.132. The summed E-state index contributed by atoms with van der Waals surface area (Å²) in [7, 11) is 0. The molecular weight excluding hydrogens is 578 g/mol. The minimum atomic E-state index is -1.12. The molecule has 1 saturated heterocycles. The average molecular weight is 604 g/mol. The van der Waals surface area contributed by atoms with Crippen LogP contribution in [0.1, 0.15) is 37.4 Å². The highest BCUT2D eigenvalue weighted by Gasteiger charge is 2.34. The number of amides is 2. The van der Waals surface area contributed by atoms with Gasteiger partial charge in [-0.15, -0.1) is 0 Å². The molecule has 4 rings (SSSR count). The van der Waals surface area contributed by atoms with Crippen molar-refractivity contribution in [2.24, 2.45) is 4.99 Å². The number of aromatic amines is 2. The molecule has 1 fully saturated rings. The van der Waals surface area contributed by atoms with E-state index in [0.717, 1.165) is 18.7 Å². The van der Waals surface area contributed by atoms with Gasteiger partial charge in [-0.3, -0.25) is 29.1 Å². The number of ether oxygens (including phenoxy) is 1. The zero-order valence-electron chi connectivity index (χ0n) is 21.8. The predicted octanol–water partition coefficient (Wildman–Crippen LogP) is 2.62. The molecule has 3 aromatic rings. The lowest BCUT2D eigenvalue weighted by molar-refractivity contribution is -0.134. The first-order valence-corrected chi connectivity index (χ1v) is 13.3. The van der Waals surface area contributed by atoms with Gasteiger partial charge in [-0.2, -0.15) is 0 Å². The zero-order chi connectivity index (χ0) is 30.1. The summed E-state index contributed by atoms with van der Waals surface area (Å²) in [5.74, 6) is -1.83. The average Bonchev–Trinajstić information content (AvgIpc) is 3.22. The lowest BCUT2D eigenvalue weighted by atomic mass is 10.0. The summed E-state index contributed by atoms with van der Waals surface area (Å²) in [5, 5.41) is 22.8. The molecule has 15 heteroatoms. The number of carboxylic acid groups (broad SMARTS) is 1. The van der Waals surface area contributed by atoms with Crippen molar-refractivity contribution in [3.63, 3.8) is 0 Å². The number of H-pyrrole nitrogens is 2. The lowest BCUT2D eigenvalue weighted by Crippen LogP contribution is -2.29. The Morgan fingerprint density at radius 1 is 1.15 bits per heavy atom. The van der Waals surface area contributed by atoms with Gasteiger partial charge in [0.15, 0.2) is 5.17 Å². The number of hydrogen-bond donors (Lipinski definition) is 6. The van der Waals surface area contributed by atoms with Crippen LogP contribution in [0.3, 0.4) is 0 Å². The number of aliphatic carboxylic acids is 1. The van der Waals surface area contributed by atoms with Gasteiger partial charge in [0.2, 0.25) is 17.7 Å². The number of aromatic nitrogens is 2. The van der Waals surface area contributed by atoms with Crippen molar-refractivity contribution in [2.75, 3.05) is 11.9 Å². The maximum atomic E-state index is 12.7. The van der Waals surface area contributed by atoms with Crippen molar-refractivity contribution < 1.29 is 29.3 Å². The van der Waals surface area contributed by atoms with E-state index in [1.807, 2.05) is 6.92 Å². The summed E-state index contributed by atoms with van der Waals surface area (Å²) < 4.78 is 5.51. The van der Waals surface area contributed by atoms with Crippen molar-refractivity contribution in [2.45, 2.75) is 31.6 Å². The van der Waals surface area contributed by atoms with E-state index in [1.165, 1.54) is 0 Å². The number of nitrogens with zero attached hydrogens (tertiary/aromatic N) is 1. The Labute approximate surface area is 242 Å². The number of amidine groups is 1. The Balaban J connectivity index is 0.00000108. The van der Waals surface area contributed by atoms with Gasteiger partial charge < -0.3 is 25.6 Å². The van der Waals surface area contributed by atoms with Crippen molar-refractivity contribution in [3.8, 4) is 11.6 Å². The van der Waals surface area contributed by atoms with E-state index < -0.39 is 46.2 Å². The Bertz CT molecular complexity index is 1580. The van der Waals surface area contributed by atoms with Gasteiger partial charge in [0, 0.05) is 18.4 Å². The number of aromatic hydroxyl groups is 1. The van der Waals surface area contributed by atoms with Crippen molar-refractivity contribution in [3.05, 3.63) is 85.5 Å². The Kier molecular flexibility index (Phi) is 10.7. The maximum absolute atomic E-state index is 12.7. The largest absolute Gasteiger partial charge is 0.494 e. The van der Waals surface area contributed by atoms with Gasteiger partial charge in [0.05, 0.1) is 12.3 Å². The molecular formula is C26H26ClN5O8S. The topological polar surface area (TPSA) is 203 Å². The van der Waals surface area contributed by atoms with E-state index in [4.69, 9.17) is 26.2 Å². The molecule has 1 aliphatic heterocycles. The molecule has 2 atom stereocenters. The van der Waals surface area contributed by atoms with Crippen LogP contribution < -0.4 is 26.6 Å². The number of halogens is 1. The fraction of sp³-hybridized carbons (Fsp3) is 0.231. The number of para-hydroxylation sites is 2. The van der Waals surface area contributed by atoms with Crippen LogP contribution in [0, 0.1) is 0 Å². The minimum Gasteiger partial charge on any atom is -0.494 e. The molecule has 41 heavy (non-hydrogen) atoms. The number of anilines is 1. The third-order valence-electron chi connectivity index (χ3n) is 5.25. The van der Waals surface area contributed by atoms with Crippen LogP contribution in [0.15, 0.2) is 63.1 Å². The molecule has 2 amide bonds. The van der Waals surface area contributed by atoms with Gasteiger partial charge in [0.25, 0.3) is 11.5 Å². The number of thioether (sulfide) groups is 1. The van der Waals surface area contributed by atoms with E-state index in [-0.39, 0.29) is 17.2 Å². The standard InChI is InChI=1S/C24H22ClN5O6S.C2H4O2/c1-2-36-15-9-4-3-8-14(15)26-17(31)11-16-20(32)30-24(37-16)27-19(12-6-5-7-13(25)10-12)18-21(33)28-23(35)29-22(18)34;1-2(3)4/h3-10,16,19H,2,11H2,1H3,(H,26,31)(H,27,30,32)(H3,28,29,33,34,35);1H3,(H,3,4). The molecule has 2 heterocycles. The molecule has 0 bridgehead atoms. The number of carbonyl (C=O) groups is 3. The fourth-order valence-corrected chi connectivity index (χ4v) is 4.85. The summed E-state index contributed by atoms with van der Waals surface area (Å²) in [6.45, 7) is 3.34. The maximum Gasteiger partial charge on any atom is 0.328 e. The van der Waals surface area contributed by atoms with Crippen molar-refractivity contribution in [1.29, 1.82) is 0 Å². The lowest BCUT2D eigenvalue weighted by Gasteiger charge is -2.15. The number of aliphatic imine (C=N–C) groups is 1. The highest BCUT2D eigenvalue weighted by Crippen LogP contribution is 2.33. The van der Waals surface area contributed by atoms with Gasteiger partial charge in [-0.05, 0) is 36.8 Å². The van der Waals surface area contributed by atoms with Crippen LogP contribution in [0.5, 0.6) is 11.6 Å². The molecule has 1 aromatic heterocycles. The molecule has 2 unspecified atom stereocenters. The van der Waals surface area contributed by atoms with Gasteiger partial charge in [0.1, 0.15) is 22.6 Å². The Morgan fingerprint density at radius 2 is 1.85 bits per heavy atom. The SMILES string of the molecule is CC(=O)O.CCOc1ccccc1NC(=O)CC1SC(=NC(c2cccc(Cl)c2)c2c(O)[nH]c(=O)[nH]c2=O)NC1=O. The molecule has 6 N–H and O–H groups in total. The van der Waals surface area contributed by atoms with Crippen LogP contribution in [-0.2, 0) is 14.4 Å². The number of benzene rings is 2. The summed E-state index contributed by atoms with van der Waals surface area (Å²) in [6.07, 6.45) is -0.150. The summed E-state index contributed by atoms with van der Waals surface area (Å²) in [6, 6.07) is 12.3. The number of carboxylic acids is 1. The van der Waals surface area contributed by atoms with Gasteiger partial charge in [-0.25, -0.2) is 9.79 Å². The highest BCUT2D eigenvalue weighted by molar-refractivity contribution is 8.15. The predicted molar refractivity (Wildman–Crippen MR) is 154 cm³/mol. The van der Waals surface area contributed by atoms with E-state index in [1.54, 1.807) is 48.5 Å². The third kappa shape index (κ3) is 8.71. The quantitative estimate of drug-likeness (QED) is 0.224. The normalized spacial score (nSPS) is 15.8. The second kappa shape index (κ2) is 14.2. The molecule has 0 aliphatic carbocycles. The monoisotopic (exact) mass is 603 g/mol. The molecule has 13 nitrogen and oxygen atoms in total. The van der Waals surface area contributed by atoms with E-state index in [0.29, 0.717) is 28.6 Å². The molecule has 216 valence electrons. The first kappa shape index (κ1) is 31.0. The zero-order valence-corrected chi connectivity index (χ0v) is 23.3. The van der Waals surface area contributed by atoms with E-state index in [9.17, 15) is 24.3 Å². The first-order chi connectivity index (χ1) is 19.5. The van der Waals surface area contributed by atoms with Crippen molar-refractivity contribution in [1.82, 2.24) is 15.3 Å². The van der Waals surface area contributed by atoms with Crippen molar-refractivity contribution >= 4 is 52.0 Å². The summed E-state index contributed by atoms with van der Waals surface area (Å²) >= 11 is 7.12. The Hall–Kier alpha value is -4.56. The number of nitrogens with one attached hydrogen (secondary N) is 4. The molecule has 2 aromatic carbocycles. The fourth-order valence-electron chi connectivity index (χ4n) is 3.66. The van der Waals surface area contributed by atoms with E-state index in [2.05, 4.69) is 25.6 Å². The van der Waals surface area contributed by atoms with E-state index >= 15 is 0 Å². The van der Waals surface area contributed by atoms with Crippen LogP contribution >= 0.6 is 23.4 Å². The number of carbonyl (C=O) groups excluding carboxylic acids is 2.